The van der Waals surface area contributed by atoms with Crippen molar-refractivity contribution in [1.82, 2.24) is 0 Å². The topological polar surface area (TPSA) is 132 Å². The number of Topliss-reactive ketones (excluding diaryl/α,β-unsaturated/α-hetero) is 3. The predicted molar refractivity (Wildman–Crippen MR) is 136 cm³/mol. The Morgan fingerprint density at radius 3 is 2.35 bits per heavy atom. The van der Waals surface area contributed by atoms with Gasteiger partial charge in [-0.2, -0.15) is 21.6 Å². The zero-order chi connectivity index (χ0) is 30.1. The summed E-state index contributed by atoms with van der Waals surface area (Å²) in [5, 5.41) is 0. The standard InChI is InChI=1S/C28H39F3O8S/c1-15(5-8-23(35)39-26(3,28(29,30)31)14-40(36,37)38)18-6-7-19-24-20(13-22(34)27(18,19)4)25(2)10-9-17(32)11-16(25)12-21(24)33/h15-16,18-20,24H,5-14H2,1-4H3,(H,36,37,38)/t15-,16+,18-,19+,20+,24+,25+,26?,27-/m1/s1. The van der Waals surface area contributed by atoms with Gasteiger partial charge in [0.2, 0.25) is 5.60 Å². The molecule has 0 heterocycles. The van der Waals surface area contributed by atoms with E-state index in [0.29, 0.717) is 45.4 Å². The second-order valence-corrected chi connectivity index (χ2v) is 14.8. The number of halogens is 3. The minimum absolute atomic E-state index is 0.0370. The van der Waals surface area contributed by atoms with E-state index in [4.69, 9.17) is 4.55 Å². The van der Waals surface area contributed by atoms with Gasteiger partial charge in [0.1, 0.15) is 23.1 Å². The average molecular weight is 593 g/mol. The van der Waals surface area contributed by atoms with Crippen molar-refractivity contribution >= 4 is 33.4 Å². The van der Waals surface area contributed by atoms with E-state index < -0.39 is 45.5 Å². The van der Waals surface area contributed by atoms with Crippen molar-refractivity contribution in [3.05, 3.63) is 0 Å². The maximum Gasteiger partial charge on any atom is 0.429 e. The molecule has 1 unspecified atom stereocenters. The molecular formula is C28H39F3O8S. The van der Waals surface area contributed by atoms with Gasteiger partial charge in [-0.05, 0) is 67.6 Å². The van der Waals surface area contributed by atoms with Crippen LogP contribution in [0.5, 0.6) is 0 Å². The van der Waals surface area contributed by atoms with E-state index in [1.807, 2.05) is 13.8 Å². The van der Waals surface area contributed by atoms with Crippen LogP contribution in [0.2, 0.25) is 0 Å². The number of hydrogen-bond acceptors (Lipinski definition) is 7. The molecule has 0 aromatic rings. The minimum Gasteiger partial charge on any atom is -0.448 e. The van der Waals surface area contributed by atoms with E-state index in [-0.39, 0.29) is 71.1 Å². The fourth-order valence-electron chi connectivity index (χ4n) is 8.76. The van der Waals surface area contributed by atoms with E-state index in [0.717, 1.165) is 0 Å². The maximum absolute atomic E-state index is 13.8. The number of esters is 1. The number of alkyl halides is 3. The van der Waals surface area contributed by atoms with Crippen LogP contribution in [0.3, 0.4) is 0 Å². The van der Waals surface area contributed by atoms with Crippen LogP contribution in [0.25, 0.3) is 0 Å². The van der Waals surface area contributed by atoms with Crippen LogP contribution in [-0.2, 0) is 34.0 Å². The molecule has 9 atom stereocenters. The molecule has 0 saturated heterocycles. The smallest absolute Gasteiger partial charge is 0.429 e. The molecule has 4 rings (SSSR count). The highest BCUT2D eigenvalue weighted by atomic mass is 32.2. The van der Waals surface area contributed by atoms with Crippen LogP contribution < -0.4 is 0 Å². The number of fused-ring (bicyclic) bond motifs is 5. The highest BCUT2D eigenvalue weighted by Gasteiger charge is 2.66. The molecule has 0 aliphatic heterocycles. The van der Waals surface area contributed by atoms with Crippen molar-refractivity contribution in [1.29, 1.82) is 0 Å². The highest BCUT2D eigenvalue weighted by Crippen LogP contribution is 2.66. The van der Waals surface area contributed by atoms with Crippen molar-refractivity contribution in [3.63, 3.8) is 0 Å². The van der Waals surface area contributed by atoms with Gasteiger partial charge in [-0.3, -0.25) is 23.7 Å². The van der Waals surface area contributed by atoms with Crippen LogP contribution in [-0.4, -0.2) is 53.8 Å². The van der Waals surface area contributed by atoms with E-state index in [2.05, 4.69) is 11.7 Å². The molecule has 12 heteroatoms. The van der Waals surface area contributed by atoms with Gasteiger partial charge in [0.25, 0.3) is 10.1 Å². The maximum atomic E-state index is 13.8. The molecule has 4 saturated carbocycles. The molecule has 0 bridgehead atoms. The third-order valence-corrected chi connectivity index (χ3v) is 12.0. The summed E-state index contributed by atoms with van der Waals surface area (Å²) in [5.41, 5.74) is -4.46. The Labute approximate surface area is 232 Å². The van der Waals surface area contributed by atoms with Crippen molar-refractivity contribution in [2.24, 2.45) is 46.3 Å². The van der Waals surface area contributed by atoms with Gasteiger partial charge < -0.3 is 4.74 Å². The van der Waals surface area contributed by atoms with Gasteiger partial charge in [-0.1, -0.05) is 20.8 Å². The fraction of sp³-hybridized carbons (Fsp3) is 0.857. The van der Waals surface area contributed by atoms with Crippen molar-refractivity contribution < 1.29 is 50.1 Å². The van der Waals surface area contributed by atoms with Gasteiger partial charge in [-0.15, -0.1) is 0 Å². The lowest BCUT2D eigenvalue weighted by Gasteiger charge is -2.58. The molecule has 0 aromatic carbocycles. The lowest BCUT2D eigenvalue weighted by molar-refractivity contribution is -0.256. The number of rotatable bonds is 7. The molecule has 0 amide bonds. The summed E-state index contributed by atoms with van der Waals surface area (Å²) in [4.78, 5) is 51.9. The molecule has 0 aromatic heterocycles. The summed E-state index contributed by atoms with van der Waals surface area (Å²) in [6.45, 7) is 6.25. The van der Waals surface area contributed by atoms with Gasteiger partial charge in [0, 0.05) is 43.4 Å². The Kier molecular flexibility index (Phi) is 7.91. The molecule has 0 spiro atoms. The summed E-state index contributed by atoms with van der Waals surface area (Å²) < 4.78 is 76.3. The van der Waals surface area contributed by atoms with E-state index in [1.54, 1.807) is 0 Å². The van der Waals surface area contributed by atoms with Crippen molar-refractivity contribution in [3.8, 4) is 0 Å². The number of carbonyl (C=O) groups is 4. The fourth-order valence-corrected chi connectivity index (χ4v) is 9.67. The summed E-state index contributed by atoms with van der Waals surface area (Å²) in [7, 11) is -5.09. The molecule has 4 aliphatic carbocycles. The van der Waals surface area contributed by atoms with Gasteiger partial charge in [0.05, 0.1) is 0 Å². The summed E-state index contributed by atoms with van der Waals surface area (Å²) in [6.07, 6.45) is -2.11. The van der Waals surface area contributed by atoms with Gasteiger partial charge in [0.15, 0.2) is 0 Å². The summed E-state index contributed by atoms with van der Waals surface area (Å²) in [5.74, 6) is -3.72. The Morgan fingerprint density at radius 2 is 1.75 bits per heavy atom. The Morgan fingerprint density at radius 1 is 1.10 bits per heavy atom. The van der Waals surface area contributed by atoms with Crippen LogP contribution in [0.1, 0.15) is 85.5 Å². The molecule has 4 fully saturated rings. The molecule has 40 heavy (non-hydrogen) atoms. The normalized spacial score (nSPS) is 38.6. The number of ether oxygens (including phenoxy) is 1. The first kappa shape index (κ1) is 31.1. The lowest BCUT2D eigenvalue weighted by atomic mass is 9.44. The zero-order valence-corrected chi connectivity index (χ0v) is 24.2. The van der Waals surface area contributed by atoms with E-state index in [9.17, 15) is 40.8 Å². The molecule has 0 radical (unpaired) electrons. The van der Waals surface area contributed by atoms with Crippen LogP contribution in [0, 0.1) is 46.3 Å². The third-order valence-electron chi connectivity index (χ3n) is 11.1. The van der Waals surface area contributed by atoms with Gasteiger partial charge in [-0.25, -0.2) is 0 Å². The Balaban J connectivity index is 1.47. The van der Waals surface area contributed by atoms with Crippen LogP contribution in [0.15, 0.2) is 0 Å². The monoisotopic (exact) mass is 592 g/mol. The average Bonchev–Trinajstić information content (AvgIpc) is 3.16. The first-order valence-corrected chi connectivity index (χ1v) is 15.7. The Bertz CT molecular complexity index is 1200. The van der Waals surface area contributed by atoms with Crippen molar-refractivity contribution in [2.45, 2.75) is 97.3 Å². The number of carbonyl (C=O) groups excluding carboxylic acids is 4. The molecule has 226 valence electrons. The highest BCUT2D eigenvalue weighted by molar-refractivity contribution is 7.85. The largest absolute Gasteiger partial charge is 0.448 e. The first-order chi connectivity index (χ1) is 18.2. The SMILES string of the molecule is C[C@H](CCC(=O)OC(C)(CS(=O)(=O)O)C(F)(F)F)[C@H]1CC[C@H]2[C@@H]3C(=O)C[C@@H]4CC(=O)CC[C@]4(C)[C@H]3CC(=O)[C@]12C. The molecule has 1 N–H and O–H groups in total. The zero-order valence-electron chi connectivity index (χ0n) is 23.4. The second-order valence-electron chi connectivity index (χ2n) is 13.4. The lowest BCUT2D eigenvalue weighted by Crippen LogP contribution is -2.60. The summed E-state index contributed by atoms with van der Waals surface area (Å²) >= 11 is 0. The number of hydrogen-bond donors (Lipinski definition) is 1. The van der Waals surface area contributed by atoms with E-state index in [1.165, 1.54) is 0 Å². The minimum atomic E-state index is -5.23. The van der Waals surface area contributed by atoms with E-state index >= 15 is 0 Å². The quantitative estimate of drug-likeness (QED) is 0.331. The molecule has 8 nitrogen and oxygen atoms in total. The summed E-state index contributed by atoms with van der Waals surface area (Å²) in [6, 6.07) is 0. The second kappa shape index (κ2) is 10.2. The third kappa shape index (κ3) is 5.27. The molecule has 4 aliphatic rings. The predicted octanol–water partition coefficient (Wildman–Crippen LogP) is 4.74. The van der Waals surface area contributed by atoms with Gasteiger partial charge >= 0.3 is 12.1 Å². The van der Waals surface area contributed by atoms with Crippen molar-refractivity contribution in [2.75, 3.05) is 5.75 Å². The molecular weight excluding hydrogens is 553 g/mol. The van der Waals surface area contributed by atoms with Crippen LogP contribution >= 0.6 is 0 Å². The number of ketones is 3. The van der Waals surface area contributed by atoms with Crippen LogP contribution in [0.4, 0.5) is 13.2 Å². The first-order valence-electron chi connectivity index (χ1n) is 14.0. The Hall–Kier alpha value is -1.82.